The van der Waals surface area contributed by atoms with Crippen LogP contribution < -0.4 is 10.1 Å². The Labute approximate surface area is 129 Å². The molecule has 2 atom stereocenters. The van der Waals surface area contributed by atoms with Crippen LogP contribution in [0.1, 0.15) is 52.6 Å². The summed E-state index contributed by atoms with van der Waals surface area (Å²) < 4.78 is 5.70. The summed E-state index contributed by atoms with van der Waals surface area (Å²) in [6.07, 6.45) is 1.48. The molecule has 3 heteroatoms. The van der Waals surface area contributed by atoms with Gasteiger partial charge in [0.15, 0.2) is 0 Å². The van der Waals surface area contributed by atoms with E-state index >= 15 is 0 Å². The fraction of sp³-hybridized carbons (Fsp3) is 0.667. The first-order valence-electron chi connectivity index (χ1n) is 8.22. The average Bonchev–Trinajstić information content (AvgIpc) is 2.87. The second kappa shape index (κ2) is 7.28. The van der Waals surface area contributed by atoms with Crippen LogP contribution in [0, 0.1) is 0 Å². The van der Waals surface area contributed by atoms with E-state index in [-0.39, 0.29) is 6.10 Å². The Kier molecular flexibility index (Phi) is 5.65. The fourth-order valence-electron chi connectivity index (χ4n) is 2.95. The molecule has 0 saturated carbocycles. The molecule has 1 aliphatic heterocycles. The molecule has 2 unspecified atom stereocenters. The smallest absolute Gasteiger partial charge is 0.119 e. The number of ether oxygens (including phenoxy) is 1. The lowest BCUT2D eigenvalue weighted by molar-refractivity contribution is 0.242. The number of hydrogen-bond donors (Lipinski definition) is 1. The SMILES string of the molecule is CC(C)Oc1ccc(C(C)NC2CCN(C(C)C)C2)cc1. The van der Waals surface area contributed by atoms with Gasteiger partial charge in [0.25, 0.3) is 0 Å². The number of benzene rings is 1. The molecule has 1 N–H and O–H groups in total. The van der Waals surface area contributed by atoms with Gasteiger partial charge < -0.3 is 10.1 Å². The summed E-state index contributed by atoms with van der Waals surface area (Å²) in [5.41, 5.74) is 1.33. The van der Waals surface area contributed by atoms with E-state index in [9.17, 15) is 0 Å². The van der Waals surface area contributed by atoms with Crippen molar-refractivity contribution in [2.24, 2.45) is 0 Å². The lowest BCUT2D eigenvalue weighted by Gasteiger charge is -2.23. The Balaban J connectivity index is 1.87. The highest BCUT2D eigenvalue weighted by atomic mass is 16.5. The predicted octanol–water partition coefficient (Wildman–Crippen LogP) is 3.61. The molecule has 0 bridgehead atoms. The minimum atomic E-state index is 0.229. The summed E-state index contributed by atoms with van der Waals surface area (Å²) >= 11 is 0. The van der Waals surface area contributed by atoms with Crippen molar-refractivity contribution in [2.75, 3.05) is 13.1 Å². The van der Waals surface area contributed by atoms with Crippen LogP contribution in [0.2, 0.25) is 0 Å². The van der Waals surface area contributed by atoms with E-state index in [2.05, 4.69) is 69.1 Å². The molecule has 21 heavy (non-hydrogen) atoms. The summed E-state index contributed by atoms with van der Waals surface area (Å²) in [7, 11) is 0. The quantitative estimate of drug-likeness (QED) is 0.866. The zero-order valence-electron chi connectivity index (χ0n) is 14.1. The van der Waals surface area contributed by atoms with Gasteiger partial charge in [-0.2, -0.15) is 0 Å². The molecule has 1 aliphatic rings. The maximum Gasteiger partial charge on any atom is 0.119 e. The lowest BCUT2D eigenvalue weighted by atomic mass is 10.1. The zero-order valence-corrected chi connectivity index (χ0v) is 14.1. The molecule has 118 valence electrons. The molecule has 0 spiro atoms. The van der Waals surface area contributed by atoms with E-state index in [1.807, 2.05) is 0 Å². The van der Waals surface area contributed by atoms with Crippen molar-refractivity contribution in [2.45, 2.75) is 65.3 Å². The number of likely N-dealkylation sites (tertiary alicyclic amines) is 1. The number of nitrogens with zero attached hydrogens (tertiary/aromatic N) is 1. The summed E-state index contributed by atoms with van der Waals surface area (Å²) in [6.45, 7) is 13.3. The highest BCUT2D eigenvalue weighted by Gasteiger charge is 2.25. The van der Waals surface area contributed by atoms with E-state index in [0.29, 0.717) is 18.1 Å². The predicted molar refractivity (Wildman–Crippen MR) is 88.9 cm³/mol. The topological polar surface area (TPSA) is 24.5 Å². The van der Waals surface area contributed by atoms with Crippen LogP contribution in [0.25, 0.3) is 0 Å². The van der Waals surface area contributed by atoms with Crippen molar-refractivity contribution in [1.82, 2.24) is 10.2 Å². The molecule has 0 aliphatic carbocycles. The van der Waals surface area contributed by atoms with Gasteiger partial charge in [-0.3, -0.25) is 4.90 Å². The minimum absolute atomic E-state index is 0.229. The summed E-state index contributed by atoms with van der Waals surface area (Å²) in [5.74, 6) is 0.952. The second-order valence-corrected chi connectivity index (χ2v) is 6.70. The van der Waals surface area contributed by atoms with Gasteiger partial charge in [-0.05, 0) is 65.3 Å². The van der Waals surface area contributed by atoms with Crippen LogP contribution in [0.4, 0.5) is 0 Å². The molecule has 2 rings (SSSR count). The molecule has 1 aromatic rings. The van der Waals surface area contributed by atoms with Crippen molar-refractivity contribution in [3.63, 3.8) is 0 Å². The molecular weight excluding hydrogens is 260 g/mol. The number of nitrogens with one attached hydrogen (secondary N) is 1. The third-order valence-corrected chi connectivity index (χ3v) is 4.19. The summed E-state index contributed by atoms with van der Waals surface area (Å²) in [6, 6.07) is 10.1. The van der Waals surface area contributed by atoms with Crippen molar-refractivity contribution >= 4 is 0 Å². The van der Waals surface area contributed by atoms with E-state index in [0.717, 1.165) is 12.3 Å². The monoisotopic (exact) mass is 290 g/mol. The van der Waals surface area contributed by atoms with Gasteiger partial charge in [0.2, 0.25) is 0 Å². The van der Waals surface area contributed by atoms with Gasteiger partial charge in [-0.25, -0.2) is 0 Å². The maximum absolute atomic E-state index is 5.70. The maximum atomic E-state index is 5.70. The Morgan fingerprint density at radius 1 is 1.10 bits per heavy atom. The number of rotatable bonds is 6. The lowest BCUT2D eigenvalue weighted by Crippen LogP contribution is -2.36. The van der Waals surface area contributed by atoms with Gasteiger partial charge in [-0.1, -0.05) is 12.1 Å². The molecule has 0 aromatic heterocycles. The molecule has 1 aromatic carbocycles. The van der Waals surface area contributed by atoms with E-state index in [4.69, 9.17) is 4.74 Å². The Morgan fingerprint density at radius 3 is 2.29 bits per heavy atom. The first-order chi connectivity index (χ1) is 9.95. The van der Waals surface area contributed by atoms with Gasteiger partial charge >= 0.3 is 0 Å². The average molecular weight is 290 g/mol. The van der Waals surface area contributed by atoms with Crippen LogP contribution in [0.5, 0.6) is 5.75 Å². The molecule has 0 amide bonds. The molecule has 1 fully saturated rings. The van der Waals surface area contributed by atoms with Crippen LogP contribution in [-0.2, 0) is 0 Å². The van der Waals surface area contributed by atoms with Gasteiger partial charge in [0.1, 0.15) is 5.75 Å². The fourth-order valence-corrected chi connectivity index (χ4v) is 2.95. The summed E-state index contributed by atoms with van der Waals surface area (Å²) in [4.78, 5) is 2.55. The van der Waals surface area contributed by atoms with Gasteiger partial charge in [-0.15, -0.1) is 0 Å². The Hall–Kier alpha value is -1.06. The normalized spacial score (nSPS) is 21.2. The highest BCUT2D eigenvalue weighted by Crippen LogP contribution is 2.21. The van der Waals surface area contributed by atoms with Crippen molar-refractivity contribution < 1.29 is 4.74 Å². The largest absolute Gasteiger partial charge is 0.491 e. The highest BCUT2D eigenvalue weighted by molar-refractivity contribution is 5.29. The van der Waals surface area contributed by atoms with Gasteiger partial charge in [0.05, 0.1) is 6.10 Å². The van der Waals surface area contributed by atoms with Gasteiger partial charge in [0, 0.05) is 24.7 Å². The standard InChI is InChI=1S/C18H30N2O/c1-13(2)20-11-10-17(12-20)19-15(5)16-6-8-18(9-7-16)21-14(3)4/h6-9,13-15,17,19H,10-12H2,1-5H3. The summed E-state index contributed by atoms with van der Waals surface area (Å²) in [5, 5.41) is 3.76. The minimum Gasteiger partial charge on any atom is -0.491 e. The second-order valence-electron chi connectivity index (χ2n) is 6.70. The third kappa shape index (κ3) is 4.72. The molecule has 0 radical (unpaired) electrons. The number of hydrogen-bond acceptors (Lipinski definition) is 3. The van der Waals surface area contributed by atoms with E-state index in [1.54, 1.807) is 0 Å². The molecular formula is C18H30N2O. The van der Waals surface area contributed by atoms with E-state index < -0.39 is 0 Å². The first-order valence-corrected chi connectivity index (χ1v) is 8.22. The van der Waals surface area contributed by atoms with Crippen LogP contribution in [0.15, 0.2) is 24.3 Å². The Morgan fingerprint density at radius 2 is 1.76 bits per heavy atom. The van der Waals surface area contributed by atoms with Crippen LogP contribution in [0.3, 0.4) is 0 Å². The van der Waals surface area contributed by atoms with Crippen molar-refractivity contribution in [3.05, 3.63) is 29.8 Å². The first kappa shape index (κ1) is 16.3. The van der Waals surface area contributed by atoms with Crippen LogP contribution in [-0.4, -0.2) is 36.2 Å². The molecule has 1 heterocycles. The molecule has 3 nitrogen and oxygen atoms in total. The van der Waals surface area contributed by atoms with E-state index in [1.165, 1.54) is 18.5 Å². The molecule has 1 saturated heterocycles. The van der Waals surface area contributed by atoms with Crippen LogP contribution >= 0.6 is 0 Å². The Bertz CT molecular complexity index is 427. The van der Waals surface area contributed by atoms with Crippen molar-refractivity contribution in [3.8, 4) is 5.75 Å². The zero-order chi connectivity index (χ0) is 15.4. The van der Waals surface area contributed by atoms with Crippen molar-refractivity contribution in [1.29, 1.82) is 0 Å². The third-order valence-electron chi connectivity index (χ3n) is 4.19.